The van der Waals surface area contributed by atoms with E-state index in [1.54, 1.807) is 0 Å². The third-order valence-electron chi connectivity index (χ3n) is 3.30. The molecule has 1 aromatic carbocycles. The van der Waals surface area contributed by atoms with E-state index in [0.29, 0.717) is 10.1 Å². The first kappa shape index (κ1) is 18.5. The van der Waals surface area contributed by atoms with Crippen molar-refractivity contribution in [2.75, 3.05) is 11.9 Å². The number of rotatable bonds is 5. The van der Waals surface area contributed by atoms with E-state index in [9.17, 15) is 0 Å². The van der Waals surface area contributed by atoms with E-state index < -0.39 is 0 Å². The smallest absolute Gasteiger partial charge is 0.170 e. The molecule has 0 bridgehead atoms. The van der Waals surface area contributed by atoms with E-state index in [1.165, 1.54) is 0 Å². The summed E-state index contributed by atoms with van der Waals surface area (Å²) in [5.41, 5.74) is 2.63. The van der Waals surface area contributed by atoms with Gasteiger partial charge in [0.25, 0.3) is 0 Å². The van der Waals surface area contributed by atoms with Gasteiger partial charge in [0.1, 0.15) is 0 Å². The standard InChI is InChI=1S/C15H17BrCl2N4S/c1-9-14(18)10(2)22(21-9)7-3-6-19-15(23)20-13-5-4-11(16)8-12(13)17/h4-5,8H,3,6-7H2,1-2H3,(H2,19,20,23). The zero-order valence-corrected chi connectivity index (χ0v) is 16.7. The molecule has 124 valence electrons. The molecular formula is C15H17BrCl2N4S. The summed E-state index contributed by atoms with van der Waals surface area (Å²) in [5.74, 6) is 0. The van der Waals surface area contributed by atoms with Crippen LogP contribution in [0.25, 0.3) is 0 Å². The fourth-order valence-electron chi connectivity index (χ4n) is 2.08. The first-order chi connectivity index (χ1) is 10.9. The van der Waals surface area contributed by atoms with E-state index in [4.69, 9.17) is 35.4 Å². The predicted molar refractivity (Wildman–Crippen MR) is 105 cm³/mol. The number of aromatic nitrogens is 2. The first-order valence-electron chi connectivity index (χ1n) is 7.08. The maximum absolute atomic E-state index is 6.15. The molecule has 0 aliphatic rings. The molecule has 4 nitrogen and oxygen atoms in total. The minimum atomic E-state index is 0.542. The average Bonchev–Trinajstić information content (AvgIpc) is 2.74. The summed E-state index contributed by atoms with van der Waals surface area (Å²) in [5, 5.41) is 12.5. The van der Waals surface area contributed by atoms with Crippen molar-refractivity contribution in [1.29, 1.82) is 0 Å². The van der Waals surface area contributed by atoms with E-state index in [-0.39, 0.29) is 0 Å². The molecule has 0 aliphatic carbocycles. The Morgan fingerprint density at radius 3 is 2.70 bits per heavy atom. The second-order valence-corrected chi connectivity index (χ2v) is 7.18. The SMILES string of the molecule is Cc1nn(CCCNC(=S)Nc2ccc(Br)cc2Cl)c(C)c1Cl. The Morgan fingerprint density at radius 1 is 1.35 bits per heavy atom. The highest BCUT2D eigenvalue weighted by atomic mass is 79.9. The number of anilines is 1. The lowest BCUT2D eigenvalue weighted by Gasteiger charge is -2.12. The molecule has 0 unspecified atom stereocenters. The molecule has 0 amide bonds. The van der Waals surface area contributed by atoms with Crippen molar-refractivity contribution in [2.45, 2.75) is 26.8 Å². The predicted octanol–water partition coefficient (Wildman–Crippen LogP) is 4.95. The molecule has 8 heteroatoms. The minimum absolute atomic E-state index is 0.542. The normalized spacial score (nSPS) is 10.7. The lowest BCUT2D eigenvalue weighted by atomic mass is 10.3. The maximum atomic E-state index is 6.15. The molecular weight excluding hydrogens is 419 g/mol. The fourth-order valence-corrected chi connectivity index (χ4v) is 3.15. The molecule has 0 spiro atoms. The Bertz CT molecular complexity index is 718. The largest absolute Gasteiger partial charge is 0.362 e. The molecule has 2 N–H and O–H groups in total. The summed E-state index contributed by atoms with van der Waals surface area (Å²) in [4.78, 5) is 0. The molecule has 0 atom stereocenters. The second kappa shape index (κ2) is 8.33. The Balaban J connectivity index is 1.77. The average molecular weight is 436 g/mol. The van der Waals surface area contributed by atoms with Crippen molar-refractivity contribution in [1.82, 2.24) is 15.1 Å². The minimum Gasteiger partial charge on any atom is -0.362 e. The van der Waals surface area contributed by atoms with E-state index in [1.807, 2.05) is 36.7 Å². The monoisotopic (exact) mass is 434 g/mol. The van der Waals surface area contributed by atoms with Gasteiger partial charge in [-0.2, -0.15) is 5.10 Å². The molecule has 0 saturated heterocycles. The molecule has 1 heterocycles. The van der Waals surface area contributed by atoms with Crippen molar-refractivity contribution in [3.05, 3.63) is 44.1 Å². The van der Waals surface area contributed by atoms with Gasteiger partial charge in [0, 0.05) is 17.6 Å². The van der Waals surface area contributed by atoms with Crippen LogP contribution in [0.15, 0.2) is 22.7 Å². The molecule has 0 fully saturated rings. The van der Waals surface area contributed by atoms with Crippen LogP contribution in [0, 0.1) is 13.8 Å². The van der Waals surface area contributed by atoms with E-state index in [0.717, 1.165) is 46.1 Å². The Labute approximate surface area is 159 Å². The molecule has 0 saturated carbocycles. The fraction of sp³-hybridized carbons (Fsp3) is 0.333. The second-order valence-electron chi connectivity index (χ2n) is 5.07. The van der Waals surface area contributed by atoms with Crippen LogP contribution >= 0.6 is 51.3 Å². The Kier molecular flexibility index (Phi) is 6.71. The van der Waals surface area contributed by atoms with Gasteiger partial charge in [-0.25, -0.2) is 0 Å². The Morgan fingerprint density at radius 2 is 2.09 bits per heavy atom. The number of hydrogen-bond acceptors (Lipinski definition) is 2. The van der Waals surface area contributed by atoms with Crippen LogP contribution in [0.2, 0.25) is 10.0 Å². The van der Waals surface area contributed by atoms with E-state index in [2.05, 4.69) is 31.7 Å². The molecule has 1 aromatic heterocycles. The number of benzene rings is 1. The summed E-state index contributed by atoms with van der Waals surface area (Å²) in [6.45, 7) is 5.40. The first-order valence-corrected chi connectivity index (χ1v) is 9.03. The van der Waals surface area contributed by atoms with Crippen LogP contribution < -0.4 is 10.6 Å². The summed E-state index contributed by atoms with van der Waals surface area (Å²) in [7, 11) is 0. The highest BCUT2D eigenvalue weighted by Crippen LogP contribution is 2.25. The number of nitrogens with one attached hydrogen (secondary N) is 2. The highest BCUT2D eigenvalue weighted by Gasteiger charge is 2.08. The van der Waals surface area contributed by atoms with Gasteiger partial charge >= 0.3 is 0 Å². The van der Waals surface area contributed by atoms with Gasteiger partial charge in [-0.1, -0.05) is 39.1 Å². The number of hydrogen-bond donors (Lipinski definition) is 2. The van der Waals surface area contributed by atoms with Crippen molar-refractivity contribution in [3.63, 3.8) is 0 Å². The summed E-state index contributed by atoms with van der Waals surface area (Å²) < 4.78 is 2.84. The van der Waals surface area contributed by atoms with Gasteiger partial charge in [0.15, 0.2) is 5.11 Å². The molecule has 2 rings (SSSR count). The van der Waals surface area contributed by atoms with Crippen molar-refractivity contribution >= 4 is 62.1 Å². The molecule has 23 heavy (non-hydrogen) atoms. The number of halogens is 3. The van der Waals surface area contributed by atoms with Gasteiger partial charge in [-0.05, 0) is 50.7 Å². The van der Waals surface area contributed by atoms with Gasteiger partial charge in [0.05, 0.1) is 27.1 Å². The van der Waals surface area contributed by atoms with Crippen LogP contribution in [-0.4, -0.2) is 21.4 Å². The summed E-state index contributed by atoms with van der Waals surface area (Å²) in [6.07, 6.45) is 0.883. The lowest BCUT2D eigenvalue weighted by molar-refractivity contribution is 0.558. The van der Waals surface area contributed by atoms with Crippen LogP contribution in [0.3, 0.4) is 0 Å². The number of thiocarbonyl (C=S) groups is 1. The van der Waals surface area contributed by atoms with Gasteiger partial charge in [-0.15, -0.1) is 0 Å². The summed E-state index contributed by atoms with van der Waals surface area (Å²) in [6, 6.07) is 5.60. The van der Waals surface area contributed by atoms with Gasteiger partial charge in [-0.3, -0.25) is 4.68 Å². The van der Waals surface area contributed by atoms with Crippen molar-refractivity contribution in [2.24, 2.45) is 0 Å². The highest BCUT2D eigenvalue weighted by molar-refractivity contribution is 9.10. The summed E-state index contributed by atoms with van der Waals surface area (Å²) >= 11 is 20.9. The molecule has 0 aliphatic heterocycles. The maximum Gasteiger partial charge on any atom is 0.170 e. The third-order valence-corrected chi connectivity index (χ3v) is 4.90. The van der Waals surface area contributed by atoms with Crippen molar-refractivity contribution in [3.8, 4) is 0 Å². The zero-order valence-electron chi connectivity index (χ0n) is 12.8. The van der Waals surface area contributed by atoms with Crippen LogP contribution in [0.4, 0.5) is 5.69 Å². The van der Waals surface area contributed by atoms with Crippen LogP contribution in [0.5, 0.6) is 0 Å². The lowest BCUT2D eigenvalue weighted by Crippen LogP contribution is -2.30. The van der Waals surface area contributed by atoms with Crippen LogP contribution in [0.1, 0.15) is 17.8 Å². The third kappa shape index (κ3) is 5.08. The molecule has 2 aromatic rings. The number of aryl methyl sites for hydroxylation is 2. The Hall–Kier alpha value is -0.820. The number of nitrogens with zero attached hydrogens (tertiary/aromatic N) is 2. The van der Waals surface area contributed by atoms with Crippen LogP contribution in [-0.2, 0) is 6.54 Å². The van der Waals surface area contributed by atoms with Gasteiger partial charge < -0.3 is 10.6 Å². The van der Waals surface area contributed by atoms with Gasteiger partial charge in [0.2, 0.25) is 0 Å². The van der Waals surface area contributed by atoms with Crippen molar-refractivity contribution < 1.29 is 0 Å². The molecule has 0 radical (unpaired) electrons. The van der Waals surface area contributed by atoms with E-state index >= 15 is 0 Å². The zero-order chi connectivity index (χ0) is 17.0. The quantitative estimate of drug-likeness (QED) is 0.515. The topological polar surface area (TPSA) is 41.9 Å².